The van der Waals surface area contributed by atoms with Gasteiger partial charge in [-0.2, -0.15) is 5.26 Å². The third-order valence-corrected chi connectivity index (χ3v) is 5.05. The molecule has 36 heavy (non-hydrogen) atoms. The standard InChI is InChI=1S/C29H22N2O5/c1-2-34-29(33)21-10-8-20(9-11-21)27-17-16-26(36-27)18-22(19-30)28(32)31-23-12-14-25(15-13-23)35-24-6-4-3-5-7-24/h3-18H,2H2,1H3,(H,31,32). The topological polar surface area (TPSA) is 102 Å². The number of furan rings is 1. The smallest absolute Gasteiger partial charge is 0.338 e. The first-order chi connectivity index (χ1) is 17.6. The van der Waals surface area contributed by atoms with Crippen LogP contribution >= 0.6 is 0 Å². The molecule has 0 radical (unpaired) electrons. The number of esters is 1. The number of ether oxygens (including phenoxy) is 2. The highest BCUT2D eigenvalue weighted by atomic mass is 16.5. The summed E-state index contributed by atoms with van der Waals surface area (Å²) in [4.78, 5) is 24.4. The maximum Gasteiger partial charge on any atom is 0.338 e. The number of hydrogen-bond donors (Lipinski definition) is 1. The molecular weight excluding hydrogens is 456 g/mol. The van der Waals surface area contributed by atoms with E-state index in [4.69, 9.17) is 13.9 Å². The molecule has 0 unspecified atom stereocenters. The van der Waals surface area contributed by atoms with Gasteiger partial charge in [-0.25, -0.2) is 4.79 Å². The van der Waals surface area contributed by atoms with E-state index in [0.717, 1.165) is 5.56 Å². The molecule has 1 aromatic heterocycles. The summed E-state index contributed by atoms with van der Waals surface area (Å²) in [5.41, 5.74) is 1.58. The summed E-state index contributed by atoms with van der Waals surface area (Å²) in [7, 11) is 0. The maximum absolute atomic E-state index is 12.6. The van der Waals surface area contributed by atoms with Crippen LogP contribution in [0.25, 0.3) is 17.4 Å². The largest absolute Gasteiger partial charge is 0.462 e. The number of carbonyl (C=O) groups is 2. The van der Waals surface area contributed by atoms with E-state index in [-0.39, 0.29) is 5.57 Å². The van der Waals surface area contributed by atoms with E-state index in [1.54, 1.807) is 67.6 Å². The molecule has 0 aliphatic carbocycles. The summed E-state index contributed by atoms with van der Waals surface area (Å²) in [6, 6.07) is 28.3. The first-order valence-electron chi connectivity index (χ1n) is 11.2. The van der Waals surface area contributed by atoms with E-state index in [9.17, 15) is 14.9 Å². The fraction of sp³-hybridized carbons (Fsp3) is 0.0690. The molecule has 1 amide bonds. The Kier molecular flexibility index (Phi) is 7.59. The van der Waals surface area contributed by atoms with Crippen molar-refractivity contribution in [2.45, 2.75) is 6.92 Å². The number of para-hydroxylation sites is 1. The Labute approximate surface area is 208 Å². The predicted octanol–water partition coefficient (Wildman–Crippen LogP) is 6.46. The Morgan fingerprint density at radius 2 is 1.61 bits per heavy atom. The van der Waals surface area contributed by atoms with Crippen molar-refractivity contribution in [1.82, 2.24) is 0 Å². The number of nitrogens with zero attached hydrogens (tertiary/aromatic N) is 1. The van der Waals surface area contributed by atoms with Crippen LogP contribution in [-0.2, 0) is 9.53 Å². The normalized spacial score (nSPS) is 10.8. The van der Waals surface area contributed by atoms with Gasteiger partial charge < -0.3 is 19.2 Å². The lowest BCUT2D eigenvalue weighted by atomic mass is 10.1. The van der Waals surface area contributed by atoms with Crippen LogP contribution < -0.4 is 10.1 Å². The average Bonchev–Trinajstić information content (AvgIpc) is 3.38. The third kappa shape index (κ3) is 6.07. The maximum atomic E-state index is 12.6. The van der Waals surface area contributed by atoms with Crippen molar-refractivity contribution >= 4 is 23.6 Å². The van der Waals surface area contributed by atoms with Gasteiger partial charge in [0.25, 0.3) is 5.91 Å². The van der Waals surface area contributed by atoms with Crippen molar-refractivity contribution in [3.63, 3.8) is 0 Å². The zero-order valence-corrected chi connectivity index (χ0v) is 19.4. The van der Waals surface area contributed by atoms with Crippen LogP contribution in [0.4, 0.5) is 5.69 Å². The van der Waals surface area contributed by atoms with Crippen molar-refractivity contribution in [1.29, 1.82) is 5.26 Å². The number of nitriles is 1. The lowest BCUT2D eigenvalue weighted by Crippen LogP contribution is -2.13. The minimum atomic E-state index is -0.564. The van der Waals surface area contributed by atoms with Crippen molar-refractivity contribution in [2.24, 2.45) is 0 Å². The average molecular weight is 479 g/mol. The Morgan fingerprint density at radius 3 is 2.28 bits per heavy atom. The van der Waals surface area contributed by atoms with Crippen LogP contribution in [0.1, 0.15) is 23.0 Å². The summed E-state index contributed by atoms with van der Waals surface area (Å²) >= 11 is 0. The van der Waals surface area contributed by atoms with Crippen LogP contribution in [0.3, 0.4) is 0 Å². The molecule has 7 heteroatoms. The third-order valence-electron chi connectivity index (χ3n) is 5.05. The van der Waals surface area contributed by atoms with E-state index in [1.807, 2.05) is 36.4 Å². The van der Waals surface area contributed by atoms with Crippen LogP contribution in [0, 0.1) is 11.3 Å². The Morgan fingerprint density at radius 1 is 0.917 bits per heavy atom. The molecule has 0 aliphatic rings. The molecule has 4 aromatic rings. The number of nitrogens with one attached hydrogen (secondary N) is 1. The van der Waals surface area contributed by atoms with Gasteiger partial charge in [-0.1, -0.05) is 30.3 Å². The van der Waals surface area contributed by atoms with E-state index in [1.165, 1.54) is 6.08 Å². The number of anilines is 1. The second-order valence-electron chi connectivity index (χ2n) is 7.56. The molecule has 1 heterocycles. The Balaban J connectivity index is 1.41. The monoisotopic (exact) mass is 478 g/mol. The number of carbonyl (C=O) groups excluding carboxylic acids is 2. The van der Waals surface area contributed by atoms with E-state index < -0.39 is 11.9 Å². The second-order valence-corrected chi connectivity index (χ2v) is 7.56. The van der Waals surface area contributed by atoms with E-state index in [0.29, 0.717) is 40.9 Å². The van der Waals surface area contributed by atoms with Crippen molar-refractivity contribution in [3.8, 4) is 28.9 Å². The van der Waals surface area contributed by atoms with Crippen LogP contribution in [-0.4, -0.2) is 18.5 Å². The highest BCUT2D eigenvalue weighted by Gasteiger charge is 2.13. The van der Waals surface area contributed by atoms with Crippen molar-refractivity contribution < 1.29 is 23.5 Å². The molecule has 1 N–H and O–H groups in total. The van der Waals surface area contributed by atoms with Gasteiger partial charge in [-0.05, 0) is 67.6 Å². The van der Waals surface area contributed by atoms with Crippen LogP contribution in [0.2, 0.25) is 0 Å². The minimum Gasteiger partial charge on any atom is -0.462 e. The quantitative estimate of drug-likeness (QED) is 0.177. The summed E-state index contributed by atoms with van der Waals surface area (Å²) in [6.45, 7) is 2.05. The molecule has 7 nitrogen and oxygen atoms in total. The van der Waals surface area contributed by atoms with Gasteiger partial charge in [0.05, 0.1) is 12.2 Å². The number of hydrogen-bond acceptors (Lipinski definition) is 6. The number of rotatable bonds is 8. The molecule has 0 spiro atoms. The predicted molar refractivity (Wildman–Crippen MR) is 135 cm³/mol. The first kappa shape index (κ1) is 24.0. The minimum absolute atomic E-state index is 0.113. The van der Waals surface area contributed by atoms with Gasteiger partial charge in [-0.3, -0.25) is 4.79 Å². The molecule has 4 rings (SSSR count). The lowest BCUT2D eigenvalue weighted by molar-refractivity contribution is -0.112. The zero-order chi connectivity index (χ0) is 25.3. The fourth-order valence-electron chi connectivity index (χ4n) is 3.29. The summed E-state index contributed by atoms with van der Waals surface area (Å²) in [5.74, 6) is 1.24. The summed E-state index contributed by atoms with van der Waals surface area (Å²) < 4.78 is 16.5. The molecule has 0 aliphatic heterocycles. The van der Waals surface area contributed by atoms with E-state index in [2.05, 4.69) is 5.32 Å². The SMILES string of the molecule is CCOC(=O)c1ccc(-c2ccc(C=C(C#N)C(=O)Nc3ccc(Oc4ccccc4)cc3)o2)cc1. The zero-order valence-electron chi connectivity index (χ0n) is 19.4. The molecule has 0 saturated carbocycles. The Bertz CT molecular complexity index is 1410. The van der Waals surface area contributed by atoms with Gasteiger partial charge in [0.2, 0.25) is 0 Å². The van der Waals surface area contributed by atoms with E-state index >= 15 is 0 Å². The highest BCUT2D eigenvalue weighted by Crippen LogP contribution is 2.25. The van der Waals surface area contributed by atoms with Gasteiger partial charge in [0.1, 0.15) is 34.7 Å². The van der Waals surface area contributed by atoms with Gasteiger partial charge in [0.15, 0.2) is 0 Å². The van der Waals surface area contributed by atoms with Gasteiger partial charge in [0, 0.05) is 17.3 Å². The van der Waals surface area contributed by atoms with Crippen LogP contribution in [0.15, 0.2) is 101 Å². The number of amides is 1. The summed E-state index contributed by atoms with van der Waals surface area (Å²) in [5, 5.41) is 12.2. The van der Waals surface area contributed by atoms with Gasteiger partial charge >= 0.3 is 5.97 Å². The molecule has 0 saturated heterocycles. The van der Waals surface area contributed by atoms with Crippen molar-refractivity contribution in [3.05, 3.63) is 108 Å². The van der Waals surface area contributed by atoms with Crippen LogP contribution in [0.5, 0.6) is 11.5 Å². The fourth-order valence-corrected chi connectivity index (χ4v) is 3.29. The first-order valence-corrected chi connectivity index (χ1v) is 11.2. The molecule has 0 atom stereocenters. The Hall–Kier alpha value is -5.09. The van der Waals surface area contributed by atoms with Crippen molar-refractivity contribution in [2.75, 3.05) is 11.9 Å². The second kappa shape index (κ2) is 11.4. The molecule has 3 aromatic carbocycles. The molecule has 0 fully saturated rings. The molecule has 178 valence electrons. The molecular formula is C29H22N2O5. The summed E-state index contributed by atoms with van der Waals surface area (Å²) in [6.07, 6.45) is 1.37. The number of benzene rings is 3. The lowest BCUT2D eigenvalue weighted by Gasteiger charge is -2.07. The van der Waals surface area contributed by atoms with Gasteiger partial charge in [-0.15, -0.1) is 0 Å². The highest BCUT2D eigenvalue weighted by molar-refractivity contribution is 6.09. The molecule has 0 bridgehead atoms.